The number of hydrogen-bond acceptors (Lipinski definition) is 4. The number of hydrogen-bond donors (Lipinski definition) is 0. The quantitative estimate of drug-likeness (QED) is 0.628. The molecule has 17 heavy (non-hydrogen) atoms. The summed E-state index contributed by atoms with van der Waals surface area (Å²) in [4.78, 5) is 0. The van der Waals surface area contributed by atoms with Gasteiger partial charge in [-0.3, -0.25) is 0 Å². The zero-order chi connectivity index (χ0) is 12.7. The van der Waals surface area contributed by atoms with Gasteiger partial charge in [-0.15, -0.1) is 23.2 Å². The first kappa shape index (κ1) is 12.5. The van der Waals surface area contributed by atoms with E-state index in [0.29, 0.717) is 12.8 Å². The highest BCUT2D eigenvalue weighted by Gasteiger charge is 2.77. The fourth-order valence-corrected chi connectivity index (χ4v) is 10.9. The molecular formula is C9H12Cl2O4S2. The van der Waals surface area contributed by atoms with E-state index in [1.165, 1.54) is 0 Å². The number of alkyl halides is 2. The van der Waals surface area contributed by atoms with E-state index in [1.54, 1.807) is 0 Å². The van der Waals surface area contributed by atoms with Crippen LogP contribution >= 0.6 is 23.2 Å². The van der Waals surface area contributed by atoms with Gasteiger partial charge >= 0.3 is 0 Å². The molecule has 3 rings (SSSR count). The van der Waals surface area contributed by atoms with Crippen LogP contribution in [-0.4, -0.2) is 37.8 Å². The van der Waals surface area contributed by atoms with E-state index < -0.39 is 39.9 Å². The minimum atomic E-state index is -3.43. The highest BCUT2D eigenvalue weighted by atomic mass is 35.5. The van der Waals surface area contributed by atoms with Gasteiger partial charge in [0.2, 0.25) is 0 Å². The molecule has 3 aliphatic rings. The summed E-state index contributed by atoms with van der Waals surface area (Å²) < 4.78 is 45.5. The first-order valence-corrected chi connectivity index (χ1v) is 9.70. The van der Waals surface area contributed by atoms with Gasteiger partial charge in [-0.25, -0.2) is 16.8 Å². The minimum absolute atomic E-state index is 0.128. The topological polar surface area (TPSA) is 68.3 Å². The highest BCUT2D eigenvalue weighted by Crippen LogP contribution is 2.70. The van der Waals surface area contributed by atoms with Crippen molar-refractivity contribution in [3.63, 3.8) is 0 Å². The number of halogens is 2. The van der Waals surface area contributed by atoms with Crippen LogP contribution in [0.1, 0.15) is 19.3 Å². The Hall–Kier alpha value is 0.480. The van der Waals surface area contributed by atoms with Crippen molar-refractivity contribution in [3.05, 3.63) is 0 Å². The molecule has 0 spiro atoms. The lowest BCUT2D eigenvalue weighted by atomic mass is 9.70. The van der Waals surface area contributed by atoms with Crippen molar-refractivity contribution in [1.29, 1.82) is 0 Å². The minimum Gasteiger partial charge on any atom is -0.227 e. The number of sulfone groups is 2. The third-order valence-electron chi connectivity index (χ3n) is 4.63. The predicted octanol–water partition coefficient (Wildman–Crippen LogP) is 1.13. The Morgan fingerprint density at radius 2 is 1.35 bits per heavy atom. The van der Waals surface area contributed by atoms with Gasteiger partial charge in [-0.2, -0.15) is 0 Å². The molecule has 0 N–H and O–H groups in total. The fourth-order valence-electron chi connectivity index (χ4n) is 4.04. The SMILES string of the molecule is O=S1(=O)CC23CCCC2([C@H]1Cl)[C@H](Cl)S(=O)(=O)C3. The lowest BCUT2D eigenvalue weighted by Crippen LogP contribution is -2.41. The van der Waals surface area contributed by atoms with Crippen molar-refractivity contribution in [1.82, 2.24) is 0 Å². The molecule has 1 aliphatic carbocycles. The maximum Gasteiger partial charge on any atom is 0.168 e. The molecule has 4 atom stereocenters. The van der Waals surface area contributed by atoms with E-state index in [4.69, 9.17) is 23.2 Å². The Balaban J connectivity index is 2.29. The molecule has 2 aliphatic heterocycles. The van der Waals surface area contributed by atoms with Gasteiger partial charge < -0.3 is 0 Å². The van der Waals surface area contributed by atoms with Crippen molar-refractivity contribution >= 4 is 42.9 Å². The molecular weight excluding hydrogens is 307 g/mol. The molecule has 0 bridgehead atoms. The van der Waals surface area contributed by atoms with Crippen LogP contribution in [0.5, 0.6) is 0 Å². The smallest absolute Gasteiger partial charge is 0.168 e. The summed E-state index contributed by atoms with van der Waals surface area (Å²) in [7, 11) is -6.86. The molecule has 0 aromatic carbocycles. The fraction of sp³-hybridized carbons (Fsp3) is 1.00. The summed E-state index contributed by atoms with van der Waals surface area (Å²) in [6, 6.07) is 0. The molecule has 3 fully saturated rings. The summed E-state index contributed by atoms with van der Waals surface area (Å²) in [6.07, 6.45) is 1.89. The second kappa shape index (κ2) is 3.14. The maximum atomic E-state index is 11.9. The zero-order valence-corrected chi connectivity index (χ0v) is 12.0. The summed E-state index contributed by atoms with van der Waals surface area (Å²) in [6.45, 7) is 0. The summed E-state index contributed by atoms with van der Waals surface area (Å²) in [5.74, 6) is -0.257. The van der Waals surface area contributed by atoms with Crippen LogP contribution in [0.25, 0.3) is 0 Å². The molecule has 8 heteroatoms. The molecule has 4 nitrogen and oxygen atoms in total. The molecule has 0 aromatic rings. The summed E-state index contributed by atoms with van der Waals surface area (Å²) in [5, 5.41) is 0. The van der Waals surface area contributed by atoms with Gasteiger partial charge in [0.25, 0.3) is 0 Å². The van der Waals surface area contributed by atoms with Crippen LogP contribution in [-0.2, 0) is 19.7 Å². The van der Waals surface area contributed by atoms with E-state index in [2.05, 4.69) is 0 Å². The first-order chi connectivity index (χ1) is 7.68. The molecule has 2 saturated heterocycles. The van der Waals surface area contributed by atoms with E-state index >= 15 is 0 Å². The number of rotatable bonds is 0. The van der Waals surface area contributed by atoms with Crippen molar-refractivity contribution in [2.45, 2.75) is 28.7 Å². The van der Waals surface area contributed by atoms with Gasteiger partial charge in [0.1, 0.15) is 9.42 Å². The van der Waals surface area contributed by atoms with Crippen molar-refractivity contribution < 1.29 is 16.8 Å². The maximum absolute atomic E-state index is 11.9. The van der Waals surface area contributed by atoms with Gasteiger partial charge in [0.05, 0.1) is 11.5 Å². The monoisotopic (exact) mass is 318 g/mol. The molecule has 2 unspecified atom stereocenters. The molecule has 2 heterocycles. The molecule has 0 radical (unpaired) electrons. The average Bonchev–Trinajstić information content (AvgIpc) is 2.64. The third-order valence-corrected chi connectivity index (χ3v) is 11.0. The molecule has 1 saturated carbocycles. The van der Waals surface area contributed by atoms with Gasteiger partial charge in [0.15, 0.2) is 19.7 Å². The Bertz CT molecular complexity index is 538. The molecule has 0 amide bonds. The average molecular weight is 319 g/mol. The zero-order valence-electron chi connectivity index (χ0n) is 8.90. The van der Waals surface area contributed by atoms with E-state index in [-0.39, 0.29) is 11.5 Å². The second-order valence-electron chi connectivity index (χ2n) is 5.42. The van der Waals surface area contributed by atoms with E-state index in [1.807, 2.05) is 0 Å². The van der Waals surface area contributed by atoms with Crippen LogP contribution < -0.4 is 0 Å². The molecule has 98 valence electrons. The van der Waals surface area contributed by atoms with Crippen LogP contribution in [0.3, 0.4) is 0 Å². The first-order valence-electron chi connectivity index (χ1n) is 5.39. The van der Waals surface area contributed by atoms with Crippen LogP contribution in [0.4, 0.5) is 0 Å². The van der Waals surface area contributed by atoms with Crippen molar-refractivity contribution in [2.24, 2.45) is 10.8 Å². The lowest BCUT2D eigenvalue weighted by molar-refractivity contribution is 0.189. The van der Waals surface area contributed by atoms with Crippen molar-refractivity contribution in [3.8, 4) is 0 Å². The third kappa shape index (κ3) is 1.21. The lowest BCUT2D eigenvalue weighted by Gasteiger charge is -2.34. The molecule has 0 aromatic heterocycles. The summed E-state index contributed by atoms with van der Waals surface area (Å²) in [5.41, 5.74) is -1.70. The van der Waals surface area contributed by atoms with E-state index in [0.717, 1.165) is 6.42 Å². The van der Waals surface area contributed by atoms with Crippen molar-refractivity contribution in [2.75, 3.05) is 11.5 Å². The van der Waals surface area contributed by atoms with Crippen LogP contribution in [0.15, 0.2) is 0 Å². The van der Waals surface area contributed by atoms with Crippen LogP contribution in [0.2, 0.25) is 0 Å². The Kier molecular flexibility index (Phi) is 2.31. The normalized spacial score (nSPS) is 54.5. The van der Waals surface area contributed by atoms with E-state index in [9.17, 15) is 16.8 Å². The summed E-state index contributed by atoms with van der Waals surface area (Å²) >= 11 is 12.2. The predicted molar refractivity (Wildman–Crippen MR) is 65.6 cm³/mol. The largest absolute Gasteiger partial charge is 0.227 e. The second-order valence-corrected chi connectivity index (χ2v) is 11.0. The standard InChI is InChI=1S/C9H12Cl2O4S2/c10-6-9-3-1-2-8(9,4-16(6,12)13)5-17(14,15)7(9)11/h6-7H,1-5H2/t6-,7+,8?,9?. The van der Waals surface area contributed by atoms with Crippen LogP contribution in [0, 0.1) is 10.8 Å². The Morgan fingerprint density at radius 1 is 0.882 bits per heavy atom. The highest BCUT2D eigenvalue weighted by molar-refractivity contribution is 7.95. The van der Waals surface area contributed by atoms with Gasteiger partial charge in [0, 0.05) is 10.8 Å². The Labute approximate surface area is 110 Å². The Morgan fingerprint density at radius 3 is 1.76 bits per heavy atom. The van der Waals surface area contributed by atoms with Gasteiger partial charge in [-0.05, 0) is 12.8 Å². The van der Waals surface area contributed by atoms with Gasteiger partial charge in [-0.1, -0.05) is 6.42 Å².